The predicted molar refractivity (Wildman–Crippen MR) is 102 cm³/mol. The Labute approximate surface area is 169 Å². The molecule has 162 valence electrons. The zero-order valence-corrected chi connectivity index (χ0v) is 18.3. The van der Waals surface area contributed by atoms with Gasteiger partial charge in [-0.3, -0.25) is 4.52 Å². The third kappa shape index (κ3) is 5.98. The summed E-state index contributed by atoms with van der Waals surface area (Å²) in [5, 5.41) is 2.55. The number of fused-ring (bicyclic) bond motifs is 1. The molecule has 1 saturated heterocycles. The Morgan fingerprint density at radius 2 is 2.07 bits per heavy atom. The van der Waals surface area contributed by atoms with Crippen molar-refractivity contribution in [2.75, 3.05) is 12.3 Å². The van der Waals surface area contributed by atoms with Crippen molar-refractivity contribution in [1.82, 2.24) is 9.97 Å². The lowest BCUT2D eigenvalue weighted by atomic mass is 10.0. The van der Waals surface area contributed by atoms with Crippen LogP contribution in [0.15, 0.2) is 11.7 Å². The molecule has 13 nitrogen and oxygen atoms in total. The van der Waals surface area contributed by atoms with Crippen molar-refractivity contribution in [1.29, 1.82) is 0 Å². The zero-order valence-electron chi connectivity index (χ0n) is 14.8. The molecule has 1 aliphatic heterocycles. The van der Waals surface area contributed by atoms with Crippen LogP contribution >= 0.6 is 35.6 Å². The maximum atomic E-state index is 11.8. The molecule has 1 aliphatic rings. The summed E-state index contributed by atoms with van der Waals surface area (Å²) in [6.07, 6.45) is 0.952. The number of thiophene rings is 1. The van der Waals surface area contributed by atoms with Gasteiger partial charge in [-0.2, -0.15) is 0 Å². The van der Waals surface area contributed by atoms with Crippen molar-refractivity contribution in [3.63, 3.8) is 0 Å². The fourth-order valence-corrected chi connectivity index (χ4v) is 6.40. The van der Waals surface area contributed by atoms with E-state index in [0.29, 0.717) is 17.8 Å². The van der Waals surface area contributed by atoms with Gasteiger partial charge in [-0.15, -0.1) is 11.3 Å². The second-order valence-corrected chi connectivity index (χ2v) is 11.0. The minimum atomic E-state index is -5.09. The van der Waals surface area contributed by atoms with Gasteiger partial charge in [-0.25, -0.2) is 27.7 Å². The van der Waals surface area contributed by atoms with Crippen molar-refractivity contribution in [2.45, 2.75) is 25.6 Å². The van der Waals surface area contributed by atoms with Crippen molar-refractivity contribution < 1.29 is 46.6 Å². The summed E-state index contributed by atoms with van der Waals surface area (Å²) in [7, 11) is -13.2. The number of anilines is 1. The fraction of sp³-hybridized carbons (Fsp3) is 0.500. The number of phosphoric ester groups is 1. The van der Waals surface area contributed by atoms with Gasteiger partial charge < -0.3 is 30.0 Å². The van der Waals surface area contributed by atoms with Gasteiger partial charge in [-0.05, 0) is 12.3 Å². The second-order valence-electron chi connectivity index (χ2n) is 6.17. The highest BCUT2D eigenvalue weighted by molar-refractivity contribution is 7.63. The topological polar surface area (TPSA) is 204 Å². The minimum Gasteiger partial charge on any atom is -0.383 e. The molecule has 3 rings (SSSR count). The molecule has 0 aliphatic carbocycles. The van der Waals surface area contributed by atoms with Gasteiger partial charge in [0.2, 0.25) is 0 Å². The highest BCUT2D eigenvalue weighted by Crippen LogP contribution is 2.61. The van der Waals surface area contributed by atoms with Crippen molar-refractivity contribution in [2.24, 2.45) is 5.92 Å². The standard InChI is InChI=1S/C12H18N3O10P3S/c1-6-2-7(3-22-28(20,21)25-26(16)24-27(17,18)19)23-10(6)11-9-8(4-29-11)12(13)15-5-14-9/h4-7,10,16H,2-3H2,1H3,(H,20,21)(H2,13,14,15)(H2,17,18,19). The Hall–Kier alpha value is -0.590. The van der Waals surface area contributed by atoms with Crippen LogP contribution in [0.3, 0.4) is 0 Å². The minimum absolute atomic E-state index is 0.0357. The first-order chi connectivity index (χ1) is 13.5. The Kier molecular flexibility index (Phi) is 7.06. The molecular formula is C12H18N3O10P3S. The van der Waals surface area contributed by atoms with Crippen molar-refractivity contribution in [3.8, 4) is 0 Å². The van der Waals surface area contributed by atoms with E-state index in [2.05, 4.69) is 18.6 Å². The molecule has 0 spiro atoms. The molecule has 0 saturated carbocycles. The molecule has 29 heavy (non-hydrogen) atoms. The third-order valence-electron chi connectivity index (χ3n) is 3.97. The van der Waals surface area contributed by atoms with E-state index in [1.165, 1.54) is 17.7 Å². The SMILES string of the molecule is CC1CC(COP(=O)(O)OP(O)OP(=O)(O)O)OC1c1scc2c(N)ncnc12. The number of nitrogens with two attached hydrogens (primary N) is 1. The largest absolute Gasteiger partial charge is 0.479 e. The molecule has 5 atom stereocenters. The lowest BCUT2D eigenvalue weighted by Crippen LogP contribution is -2.14. The first kappa shape index (κ1) is 23.1. The number of aromatic nitrogens is 2. The normalized spacial score (nSPS) is 25.9. The second kappa shape index (κ2) is 8.88. The summed E-state index contributed by atoms with van der Waals surface area (Å²) in [5.74, 6) is 0.396. The van der Waals surface area contributed by atoms with Crippen LogP contribution in [0.25, 0.3) is 10.9 Å². The van der Waals surface area contributed by atoms with Gasteiger partial charge in [0.05, 0.1) is 34.6 Å². The molecule has 17 heteroatoms. The molecule has 0 amide bonds. The highest BCUT2D eigenvalue weighted by atomic mass is 32.1. The van der Waals surface area contributed by atoms with Crippen LogP contribution in [-0.2, 0) is 27.0 Å². The quantitative estimate of drug-likeness (QED) is 0.338. The van der Waals surface area contributed by atoms with Crippen LogP contribution in [0.5, 0.6) is 0 Å². The van der Waals surface area contributed by atoms with Gasteiger partial charge in [0, 0.05) is 5.38 Å². The number of nitrogen functional groups attached to an aromatic ring is 1. The smallest absolute Gasteiger partial charge is 0.383 e. The summed E-state index contributed by atoms with van der Waals surface area (Å²) >= 11 is 1.42. The number of nitrogens with zero attached hydrogens (tertiary/aromatic N) is 2. The molecule has 2 aromatic rings. The molecule has 1 fully saturated rings. The van der Waals surface area contributed by atoms with Crippen LogP contribution in [-0.4, -0.2) is 42.3 Å². The summed E-state index contributed by atoms with van der Waals surface area (Å²) < 4.78 is 41.1. The first-order valence-corrected chi connectivity index (χ1v) is 13.0. The van der Waals surface area contributed by atoms with Crippen LogP contribution in [0.1, 0.15) is 24.3 Å². The maximum Gasteiger partial charge on any atom is 0.479 e. The van der Waals surface area contributed by atoms with Gasteiger partial charge >= 0.3 is 24.2 Å². The van der Waals surface area contributed by atoms with Crippen LogP contribution in [0.4, 0.5) is 5.82 Å². The molecule has 6 N–H and O–H groups in total. The Morgan fingerprint density at radius 1 is 1.34 bits per heavy atom. The average molecular weight is 489 g/mol. The average Bonchev–Trinajstić information content (AvgIpc) is 3.15. The molecule has 2 aromatic heterocycles. The monoisotopic (exact) mass is 489 g/mol. The van der Waals surface area contributed by atoms with E-state index >= 15 is 0 Å². The first-order valence-electron chi connectivity index (χ1n) is 7.99. The van der Waals surface area contributed by atoms with Crippen molar-refractivity contribution >= 4 is 52.3 Å². The lowest BCUT2D eigenvalue weighted by molar-refractivity contribution is 0.00704. The molecule has 0 bridgehead atoms. The Balaban J connectivity index is 1.60. The maximum absolute atomic E-state index is 11.8. The number of hydrogen-bond donors (Lipinski definition) is 5. The van der Waals surface area contributed by atoms with Gasteiger partial charge in [-0.1, -0.05) is 6.92 Å². The summed E-state index contributed by atoms with van der Waals surface area (Å²) in [6, 6.07) is 0. The van der Waals surface area contributed by atoms with Crippen molar-refractivity contribution in [3.05, 3.63) is 16.6 Å². The van der Waals surface area contributed by atoms with Gasteiger partial charge in [0.1, 0.15) is 12.1 Å². The lowest BCUT2D eigenvalue weighted by Gasteiger charge is -2.18. The molecule has 3 heterocycles. The number of hydrogen-bond acceptors (Lipinski definition) is 11. The molecule has 5 unspecified atom stereocenters. The number of ether oxygens (including phenoxy) is 1. The predicted octanol–water partition coefficient (Wildman–Crippen LogP) is 2.20. The fourth-order valence-electron chi connectivity index (χ4n) is 2.86. The van der Waals surface area contributed by atoms with E-state index in [-0.39, 0.29) is 18.6 Å². The number of rotatable bonds is 8. The Morgan fingerprint density at radius 3 is 2.76 bits per heavy atom. The third-order valence-corrected chi connectivity index (χ3v) is 8.28. The summed E-state index contributed by atoms with van der Waals surface area (Å²) in [6.45, 7) is 1.59. The molecule has 0 aromatic carbocycles. The van der Waals surface area contributed by atoms with Gasteiger partial charge in [0.25, 0.3) is 0 Å². The van der Waals surface area contributed by atoms with Gasteiger partial charge in [0.15, 0.2) is 0 Å². The van der Waals surface area contributed by atoms with E-state index in [9.17, 15) is 18.9 Å². The van der Waals surface area contributed by atoms with E-state index < -0.39 is 30.4 Å². The summed E-state index contributed by atoms with van der Waals surface area (Å²) in [5.41, 5.74) is 6.53. The van der Waals surface area contributed by atoms with Crippen LogP contribution in [0, 0.1) is 5.92 Å². The molecular weight excluding hydrogens is 471 g/mol. The molecule has 0 radical (unpaired) electrons. The van der Waals surface area contributed by atoms with E-state index in [4.69, 9.17) is 24.8 Å². The van der Waals surface area contributed by atoms with E-state index in [1.54, 1.807) is 0 Å². The highest BCUT2D eigenvalue weighted by Gasteiger charge is 2.38. The zero-order chi connectivity index (χ0) is 21.4. The van der Waals surface area contributed by atoms with Crippen LogP contribution in [0.2, 0.25) is 0 Å². The Bertz CT molecular complexity index is 970. The van der Waals surface area contributed by atoms with E-state index in [1.807, 2.05) is 12.3 Å². The number of phosphoric acid groups is 2. The van der Waals surface area contributed by atoms with Crippen LogP contribution < -0.4 is 5.73 Å². The summed E-state index contributed by atoms with van der Waals surface area (Å²) in [4.78, 5) is 44.9. The van der Waals surface area contributed by atoms with E-state index in [0.717, 1.165) is 10.3 Å².